The molecule has 6 heteroatoms. The van der Waals surface area contributed by atoms with E-state index < -0.39 is 9.84 Å². The van der Waals surface area contributed by atoms with Crippen LogP contribution in [0.4, 0.5) is 0 Å². The lowest BCUT2D eigenvalue weighted by Crippen LogP contribution is -2.05. The second-order valence-corrected chi connectivity index (χ2v) is 9.08. The monoisotopic (exact) mass is 447 g/mol. The van der Waals surface area contributed by atoms with E-state index in [1.807, 2.05) is 50.2 Å². The highest BCUT2D eigenvalue weighted by Crippen LogP contribution is 2.30. The maximum Gasteiger partial charge on any atom is 0.216 e. The Kier molecular flexibility index (Phi) is 7.69. The summed E-state index contributed by atoms with van der Waals surface area (Å²) in [4.78, 5) is -0.247. The summed E-state index contributed by atoms with van der Waals surface area (Å²) in [6.45, 7) is 4.63. The molecule has 3 aromatic carbocycles. The first kappa shape index (κ1) is 23.1. The number of benzene rings is 3. The Morgan fingerprint density at radius 3 is 2.34 bits per heavy atom. The van der Waals surface area contributed by atoms with Crippen LogP contribution in [0.1, 0.15) is 23.6 Å². The minimum Gasteiger partial charge on any atom is -0.490 e. The van der Waals surface area contributed by atoms with Crippen LogP contribution in [-0.4, -0.2) is 21.6 Å². The van der Waals surface area contributed by atoms with Gasteiger partial charge < -0.3 is 9.47 Å². The van der Waals surface area contributed by atoms with Gasteiger partial charge in [-0.2, -0.15) is 5.26 Å². The summed E-state index contributed by atoms with van der Waals surface area (Å²) in [5, 5.41) is 9.54. The average Bonchev–Trinajstić information content (AvgIpc) is 2.80. The Morgan fingerprint density at radius 2 is 1.69 bits per heavy atom. The van der Waals surface area contributed by atoms with Crippen molar-refractivity contribution in [1.29, 1.82) is 5.26 Å². The highest BCUT2D eigenvalue weighted by Gasteiger charge is 2.21. The van der Waals surface area contributed by atoms with Crippen LogP contribution >= 0.6 is 0 Å². The number of nitriles is 1. The van der Waals surface area contributed by atoms with Gasteiger partial charge in [-0.1, -0.05) is 54.1 Å². The van der Waals surface area contributed by atoms with Gasteiger partial charge in [-0.3, -0.25) is 0 Å². The Morgan fingerprint density at radius 1 is 0.969 bits per heavy atom. The smallest absolute Gasteiger partial charge is 0.216 e. The summed E-state index contributed by atoms with van der Waals surface area (Å²) >= 11 is 0. The van der Waals surface area contributed by atoms with Crippen molar-refractivity contribution in [3.05, 3.63) is 94.4 Å². The number of hydrogen-bond acceptors (Lipinski definition) is 5. The summed E-state index contributed by atoms with van der Waals surface area (Å²) < 4.78 is 37.4. The molecule has 0 heterocycles. The van der Waals surface area contributed by atoms with Gasteiger partial charge >= 0.3 is 0 Å². The quantitative estimate of drug-likeness (QED) is 0.413. The molecule has 0 bridgehead atoms. The van der Waals surface area contributed by atoms with Gasteiger partial charge in [-0.25, -0.2) is 8.42 Å². The Hall–Kier alpha value is -3.56. The van der Waals surface area contributed by atoms with Crippen molar-refractivity contribution in [2.45, 2.75) is 25.2 Å². The molecule has 3 rings (SSSR count). The second-order valence-electron chi connectivity index (χ2n) is 7.16. The number of sulfone groups is 1. The molecule has 0 spiro atoms. The van der Waals surface area contributed by atoms with Gasteiger partial charge in [0.05, 0.1) is 18.1 Å². The topological polar surface area (TPSA) is 76.4 Å². The molecular formula is C26H25NO4S. The maximum absolute atomic E-state index is 12.9. The molecule has 0 amide bonds. The molecule has 0 saturated carbocycles. The van der Waals surface area contributed by atoms with E-state index in [9.17, 15) is 13.7 Å². The average molecular weight is 448 g/mol. The lowest BCUT2D eigenvalue weighted by atomic mass is 10.1. The summed E-state index contributed by atoms with van der Waals surface area (Å²) in [5.41, 5.74) is 2.65. The molecule has 5 nitrogen and oxygen atoms in total. The molecule has 0 fully saturated rings. The first-order valence-corrected chi connectivity index (χ1v) is 11.8. The number of hydrogen-bond donors (Lipinski definition) is 0. The van der Waals surface area contributed by atoms with Gasteiger partial charge in [0.2, 0.25) is 9.84 Å². The molecule has 0 atom stereocenters. The summed E-state index contributed by atoms with van der Waals surface area (Å²) in [7, 11) is -3.92. The molecule has 164 valence electrons. The van der Waals surface area contributed by atoms with E-state index in [0.717, 1.165) is 12.0 Å². The predicted octanol–water partition coefficient (Wildman–Crippen LogP) is 5.35. The van der Waals surface area contributed by atoms with Gasteiger partial charge in [-0.05, 0) is 55.3 Å². The molecule has 0 aromatic heterocycles. The molecule has 3 aromatic rings. The SMILES string of the molecule is CCOc1cc(C=C(C#N)S(=O)(=O)c2ccc(C)cc2)ccc1OCCc1ccccc1. The van der Waals surface area contributed by atoms with Crippen LogP contribution in [0.3, 0.4) is 0 Å². The van der Waals surface area contributed by atoms with Crippen LogP contribution in [0.2, 0.25) is 0 Å². The van der Waals surface area contributed by atoms with Gasteiger partial charge in [-0.15, -0.1) is 0 Å². The largest absolute Gasteiger partial charge is 0.490 e. The van der Waals surface area contributed by atoms with Crippen molar-refractivity contribution in [3.63, 3.8) is 0 Å². The van der Waals surface area contributed by atoms with E-state index in [0.29, 0.717) is 30.3 Å². The number of ether oxygens (including phenoxy) is 2. The van der Waals surface area contributed by atoms with Crippen molar-refractivity contribution < 1.29 is 17.9 Å². The molecule has 0 unspecified atom stereocenters. The fourth-order valence-electron chi connectivity index (χ4n) is 3.09. The number of aryl methyl sites for hydroxylation is 1. The standard InChI is InChI=1S/C26H25NO4S/c1-3-30-26-18-22(11-14-25(26)31-16-15-21-7-5-4-6-8-21)17-24(19-27)32(28,29)23-12-9-20(2)10-13-23/h4-14,17-18H,3,15-16H2,1-2H3. The number of allylic oxidation sites excluding steroid dienone is 1. The van der Waals surface area contributed by atoms with Gasteiger partial charge in [0, 0.05) is 6.42 Å². The molecule has 0 N–H and O–H groups in total. The van der Waals surface area contributed by atoms with Crippen LogP contribution in [0.15, 0.2) is 82.6 Å². The third-order valence-electron chi connectivity index (χ3n) is 4.79. The molecule has 0 aliphatic carbocycles. The number of rotatable bonds is 9. The van der Waals surface area contributed by atoms with Crippen LogP contribution in [0.25, 0.3) is 6.08 Å². The summed E-state index contributed by atoms with van der Waals surface area (Å²) in [6, 6.07) is 23.4. The van der Waals surface area contributed by atoms with Crippen molar-refractivity contribution >= 4 is 15.9 Å². The third-order valence-corrected chi connectivity index (χ3v) is 6.47. The van der Waals surface area contributed by atoms with E-state index in [1.165, 1.54) is 23.8 Å². The Bertz CT molecular complexity index is 1230. The third kappa shape index (κ3) is 5.77. The van der Waals surface area contributed by atoms with E-state index in [4.69, 9.17) is 9.47 Å². The fraction of sp³-hybridized carbons (Fsp3) is 0.192. The molecule has 0 aliphatic heterocycles. The van der Waals surface area contributed by atoms with Crippen LogP contribution in [0.5, 0.6) is 11.5 Å². The predicted molar refractivity (Wildman–Crippen MR) is 125 cm³/mol. The molecular weight excluding hydrogens is 422 g/mol. The van der Waals surface area contributed by atoms with Crippen LogP contribution in [0, 0.1) is 18.3 Å². The van der Waals surface area contributed by atoms with Crippen LogP contribution in [-0.2, 0) is 16.3 Å². The lowest BCUT2D eigenvalue weighted by molar-refractivity contribution is 0.279. The van der Waals surface area contributed by atoms with Crippen molar-refractivity contribution in [3.8, 4) is 17.6 Å². The van der Waals surface area contributed by atoms with Gasteiger partial charge in [0.25, 0.3) is 0 Å². The van der Waals surface area contributed by atoms with Crippen LogP contribution < -0.4 is 9.47 Å². The fourth-order valence-corrected chi connectivity index (χ4v) is 4.25. The van der Waals surface area contributed by atoms with E-state index in [-0.39, 0.29) is 9.80 Å². The minimum absolute atomic E-state index is 0.0850. The second kappa shape index (κ2) is 10.7. The zero-order valence-electron chi connectivity index (χ0n) is 18.1. The molecule has 0 saturated heterocycles. The normalized spacial score (nSPS) is 11.6. The minimum atomic E-state index is -3.92. The number of nitrogens with zero attached hydrogens (tertiary/aromatic N) is 1. The van der Waals surface area contributed by atoms with Crippen molar-refractivity contribution in [2.24, 2.45) is 0 Å². The Balaban J connectivity index is 1.83. The summed E-state index contributed by atoms with van der Waals surface area (Å²) in [6.07, 6.45) is 2.10. The maximum atomic E-state index is 12.9. The Labute approximate surface area is 189 Å². The van der Waals surface area contributed by atoms with E-state index in [2.05, 4.69) is 0 Å². The van der Waals surface area contributed by atoms with Gasteiger partial charge in [0.1, 0.15) is 11.0 Å². The zero-order chi connectivity index (χ0) is 23.0. The highest BCUT2D eigenvalue weighted by molar-refractivity contribution is 7.95. The molecule has 0 aliphatic rings. The molecule has 32 heavy (non-hydrogen) atoms. The first-order chi connectivity index (χ1) is 15.4. The summed E-state index contributed by atoms with van der Waals surface area (Å²) in [5.74, 6) is 1.07. The van der Waals surface area contributed by atoms with E-state index >= 15 is 0 Å². The zero-order valence-corrected chi connectivity index (χ0v) is 18.9. The molecule has 0 radical (unpaired) electrons. The first-order valence-electron chi connectivity index (χ1n) is 10.3. The van der Waals surface area contributed by atoms with Gasteiger partial charge in [0.15, 0.2) is 11.5 Å². The van der Waals surface area contributed by atoms with Crippen molar-refractivity contribution in [1.82, 2.24) is 0 Å². The lowest BCUT2D eigenvalue weighted by Gasteiger charge is -2.13. The van der Waals surface area contributed by atoms with E-state index in [1.54, 1.807) is 30.3 Å². The van der Waals surface area contributed by atoms with Crippen molar-refractivity contribution in [2.75, 3.05) is 13.2 Å². The highest BCUT2D eigenvalue weighted by atomic mass is 32.2.